The van der Waals surface area contributed by atoms with E-state index in [0.29, 0.717) is 6.54 Å². The van der Waals surface area contributed by atoms with Gasteiger partial charge in [0.1, 0.15) is 0 Å². The number of carbonyl (C=O) groups excluding carboxylic acids is 2. The standard InChI is InChI=1S/C16H26N4O2/c1-19(2)16(22)12-5-7-13(8-6-12)18-15(21)11-20-9-3-4-14(20)10-17/h12-14H,3-9,11H2,1-2H3,(H,18,21)/t12?,13?,14-/m0/s1. The highest BCUT2D eigenvalue weighted by atomic mass is 16.2. The molecule has 1 aliphatic heterocycles. The number of rotatable bonds is 4. The van der Waals surface area contributed by atoms with E-state index in [1.807, 2.05) is 4.90 Å². The monoisotopic (exact) mass is 306 g/mol. The van der Waals surface area contributed by atoms with Crippen molar-refractivity contribution >= 4 is 11.8 Å². The molecule has 2 aliphatic rings. The summed E-state index contributed by atoms with van der Waals surface area (Å²) < 4.78 is 0. The van der Waals surface area contributed by atoms with Crippen LogP contribution in [-0.4, -0.2) is 60.9 Å². The molecule has 22 heavy (non-hydrogen) atoms. The minimum Gasteiger partial charge on any atom is -0.352 e. The molecular formula is C16H26N4O2. The van der Waals surface area contributed by atoms with Crippen molar-refractivity contribution in [3.8, 4) is 6.07 Å². The van der Waals surface area contributed by atoms with E-state index in [1.165, 1.54) is 0 Å². The highest BCUT2D eigenvalue weighted by Crippen LogP contribution is 2.25. The molecule has 6 heteroatoms. The van der Waals surface area contributed by atoms with Crippen molar-refractivity contribution in [2.24, 2.45) is 5.92 Å². The summed E-state index contributed by atoms with van der Waals surface area (Å²) in [6.07, 6.45) is 5.25. The Bertz CT molecular complexity index is 450. The van der Waals surface area contributed by atoms with Gasteiger partial charge in [-0.3, -0.25) is 14.5 Å². The average molecular weight is 306 g/mol. The van der Waals surface area contributed by atoms with Gasteiger partial charge in [-0.1, -0.05) is 0 Å². The first-order chi connectivity index (χ1) is 10.5. The second-order valence-corrected chi connectivity index (χ2v) is 6.61. The lowest BCUT2D eigenvalue weighted by Crippen LogP contribution is -2.45. The van der Waals surface area contributed by atoms with Gasteiger partial charge in [0.05, 0.1) is 18.7 Å². The van der Waals surface area contributed by atoms with Crippen molar-refractivity contribution in [2.75, 3.05) is 27.2 Å². The van der Waals surface area contributed by atoms with Crippen molar-refractivity contribution < 1.29 is 9.59 Å². The SMILES string of the molecule is CN(C)C(=O)C1CCC(NC(=O)CN2CCC[C@H]2C#N)CC1. The van der Waals surface area contributed by atoms with Crippen molar-refractivity contribution in [1.29, 1.82) is 5.26 Å². The van der Waals surface area contributed by atoms with Crippen LogP contribution in [0, 0.1) is 17.2 Å². The zero-order valence-corrected chi connectivity index (χ0v) is 13.5. The molecule has 6 nitrogen and oxygen atoms in total. The van der Waals surface area contributed by atoms with Gasteiger partial charge < -0.3 is 10.2 Å². The number of amides is 2. The zero-order chi connectivity index (χ0) is 16.1. The average Bonchev–Trinajstić information content (AvgIpc) is 2.94. The Labute approximate surface area is 132 Å². The summed E-state index contributed by atoms with van der Waals surface area (Å²) in [7, 11) is 3.58. The highest BCUT2D eigenvalue weighted by molar-refractivity contribution is 5.79. The normalized spacial score (nSPS) is 28.9. The summed E-state index contributed by atoms with van der Waals surface area (Å²) in [6.45, 7) is 1.14. The lowest BCUT2D eigenvalue weighted by molar-refractivity contribution is -0.134. The third-order valence-electron chi connectivity index (χ3n) is 4.74. The van der Waals surface area contributed by atoms with Crippen molar-refractivity contribution in [3.05, 3.63) is 0 Å². The number of nitrogens with zero attached hydrogens (tertiary/aromatic N) is 3. The first-order valence-electron chi connectivity index (χ1n) is 8.15. The summed E-state index contributed by atoms with van der Waals surface area (Å²) in [5, 5.41) is 12.1. The van der Waals surface area contributed by atoms with Crippen LogP contribution in [0.4, 0.5) is 0 Å². The Morgan fingerprint density at radius 3 is 2.50 bits per heavy atom. The van der Waals surface area contributed by atoms with E-state index >= 15 is 0 Å². The largest absolute Gasteiger partial charge is 0.352 e. The Morgan fingerprint density at radius 1 is 1.23 bits per heavy atom. The van der Waals surface area contributed by atoms with Crippen LogP contribution in [-0.2, 0) is 9.59 Å². The quantitative estimate of drug-likeness (QED) is 0.831. The van der Waals surface area contributed by atoms with Gasteiger partial charge in [0.15, 0.2) is 0 Å². The van der Waals surface area contributed by atoms with Crippen molar-refractivity contribution in [1.82, 2.24) is 15.1 Å². The summed E-state index contributed by atoms with van der Waals surface area (Å²) >= 11 is 0. The van der Waals surface area contributed by atoms with Gasteiger partial charge in [0.2, 0.25) is 11.8 Å². The minimum absolute atomic E-state index is 0.00420. The third-order valence-corrected chi connectivity index (χ3v) is 4.74. The van der Waals surface area contributed by atoms with Crippen molar-refractivity contribution in [3.63, 3.8) is 0 Å². The predicted octanol–water partition coefficient (Wildman–Crippen LogP) is 0.738. The summed E-state index contributed by atoms with van der Waals surface area (Å²) in [4.78, 5) is 27.6. The molecule has 122 valence electrons. The van der Waals surface area contributed by atoms with E-state index in [9.17, 15) is 9.59 Å². The minimum atomic E-state index is -0.112. The number of hydrogen-bond acceptors (Lipinski definition) is 4. The topological polar surface area (TPSA) is 76.4 Å². The van der Waals surface area contributed by atoms with Gasteiger partial charge in [0, 0.05) is 32.6 Å². The van der Waals surface area contributed by atoms with Gasteiger partial charge in [-0.05, 0) is 38.5 Å². The Kier molecular flexibility index (Phi) is 5.78. The molecule has 0 spiro atoms. The van der Waals surface area contributed by atoms with E-state index in [4.69, 9.17) is 5.26 Å². The van der Waals surface area contributed by atoms with Crippen LogP contribution < -0.4 is 5.32 Å². The van der Waals surface area contributed by atoms with Gasteiger partial charge in [-0.2, -0.15) is 5.26 Å². The van der Waals surface area contributed by atoms with Gasteiger partial charge in [-0.25, -0.2) is 0 Å². The summed E-state index contributed by atoms with van der Waals surface area (Å²) in [5.41, 5.74) is 0. The fraction of sp³-hybridized carbons (Fsp3) is 0.812. The van der Waals surface area contributed by atoms with Crippen LogP contribution >= 0.6 is 0 Å². The molecule has 2 rings (SSSR count). The second-order valence-electron chi connectivity index (χ2n) is 6.61. The lowest BCUT2D eigenvalue weighted by atomic mass is 9.85. The fourth-order valence-electron chi connectivity index (χ4n) is 3.47. The molecule has 0 aromatic carbocycles. The number of nitrogens with one attached hydrogen (secondary N) is 1. The Balaban J connectivity index is 1.73. The molecule has 1 aliphatic carbocycles. The van der Waals surface area contributed by atoms with Crippen LogP contribution in [0.15, 0.2) is 0 Å². The number of nitriles is 1. The smallest absolute Gasteiger partial charge is 0.234 e. The molecule has 2 amide bonds. The van der Waals surface area contributed by atoms with Crippen LogP contribution in [0.2, 0.25) is 0 Å². The molecule has 0 unspecified atom stereocenters. The molecule has 1 saturated carbocycles. The molecular weight excluding hydrogens is 280 g/mol. The van der Waals surface area contributed by atoms with Gasteiger partial charge >= 0.3 is 0 Å². The maximum absolute atomic E-state index is 12.1. The predicted molar refractivity (Wildman–Crippen MR) is 82.8 cm³/mol. The molecule has 1 heterocycles. The molecule has 0 radical (unpaired) electrons. The highest BCUT2D eigenvalue weighted by Gasteiger charge is 2.29. The van der Waals surface area contributed by atoms with Crippen molar-refractivity contribution in [2.45, 2.75) is 50.6 Å². The first-order valence-corrected chi connectivity index (χ1v) is 8.15. The molecule has 1 atom stereocenters. The van der Waals surface area contributed by atoms with E-state index in [0.717, 1.165) is 45.1 Å². The van der Waals surface area contributed by atoms with E-state index in [2.05, 4.69) is 11.4 Å². The fourth-order valence-corrected chi connectivity index (χ4v) is 3.47. The van der Waals surface area contributed by atoms with Crippen LogP contribution in [0.3, 0.4) is 0 Å². The Morgan fingerprint density at radius 2 is 1.91 bits per heavy atom. The molecule has 0 bridgehead atoms. The van der Waals surface area contributed by atoms with E-state index in [1.54, 1.807) is 19.0 Å². The third kappa shape index (κ3) is 4.20. The molecule has 0 aromatic heterocycles. The van der Waals surface area contributed by atoms with Crippen LogP contribution in [0.25, 0.3) is 0 Å². The first kappa shape index (κ1) is 16.8. The van der Waals surface area contributed by atoms with Gasteiger partial charge in [0.25, 0.3) is 0 Å². The van der Waals surface area contributed by atoms with Crippen LogP contribution in [0.5, 0.6) is 0 Å². The maximum Gasteiger partial charge on any atom is 0.234 e. The van der Waals surface area contributed by atoms with E-state index < -0.39 is 0 Å². The summed E-state index contributed by atoms with van der Waals surface area (Å²) in [5.74, 6) is 0.299. The number of likely N-dealkylation sites (tertiary alicyclic amines) is 1. The molecule has 2 fully saturated rings. The molecule has 1 N–H and O–H groups in total. The maximum atomic E-state index is 12.1. The summed E-state index contributed by atoms with van der Waals surface area (Å²) in [6, 6.07) is 2.31. The molecule has 1 saturated heterocycles. The second kappa shape index (κ2) is 7.59. The lowest BCUT2D eigenvalue weighted by Gasteiger charge is -2.30. The van der Waals surface area contributed by atoms with Crippen LogP contribution in [0.1, 0.15) is 38.5 Å². The molecule has 0 aromatic rings. The van der Waals surface area contributed by atoms with Gasteiger partial charge in [-0.15, -0.1) is 0 Å². The Hall–Kier alpha value is -1.61. The van der Waals surface area contributed by atoms with E-state index in [-0.39, 0.29) is 29.8 Å². The zero-order valence-electron chi connectivity index (χ0n) is 13.5. The number of carbonyl (C=O) groups is 2. The number of hydrogen-bond donors (Lipinski definition) is 1.